The lowest BCUT2D eigenvalue weighted by atomic mass is 9.91. The highest BCUT2D eigenvalue weighted by Gasteiger charge is 1.93. The van der Waals surface area contributed by atoms with Crippen molar-refractivity contribution in [2.75, 3.05) is 6.61 Å². The Hall–Kier alpha value is -0.895. The van der Waals surface area contributed by atoms with Gasteiger partial charge in [-0.2, -0.15) is 0 Å². The first-order valence-electron chi connectivity index (χ1n) is 3.25. The van der Waals surface area contributed by atoms with Gasteiger partial charge in [0.1, 0.15) is 6.33 Å². The van der Waals surface area contributed by atoms with Crippen molar-refractivity contribution in [2.24, 2.45) is 0 Å². The normalized spacial score (nSPS) is 9.30. The molecule has 1 aromatic heterocycles. The molecule has 1 rings (SSSR count). The average Bonchev–Trinajstić information content (AvgIpc) is 2.03. The molecule has 0 aliphatic heterocycles. The molecule has 0 atom stereocenters. The topological polar surface area (TPSA) is 35.0 Å². The van der Waals surface area contributed by atoms with Crippen molar-refractivity contribution in [3.05, 3.63) is 18.7 Å². The van der Waals surface area contributed by atoms with Crippen LogP contribution in [-0.2, 0) is 4.65 Å². The van der Waals surface area contributed by atoms with Gasteiger partial charge in [-0.25, -0.2) is 9.97 Å². The third kappa shape index (κ3) is 2.15. The van der Waals surface area contributed by atoms with E-state index in [2.05, 4.69) is 9.97 Å². The van der Waals surface area contributed by atoms with E-state index in [1.54, 1.807) is 12.4 Å². The van der Waals surface area contributed by atoms with Gasteiger partial charge >= 0.3 is 7.48 Å². The fourth-order valence-electron chi connectivity index (χ4n) is 0.624. The highest BCUT2D eigenvalue weighted by molar-refractivity contribution is 6.46. The van der Waals surface area contributed by atoms with Crippen molar-refractivity contribution < 1.29 is 4.65 Å². The largest absolute Gasteiger partial charge is 0.434 e. The van der Waals surface area contributed by atoms with Crippen LogP contribution in [-0.4, -0.2) is 24.1 Å². The average molecular weight is 136 g/mol. The zero-order valence-corrected chi connectivity index (χ0v) is 5.95. The molecule has 0 saturated carbocycles. The molecule has 0 N–H and O–H groups in total. The molecular weight excluding hydrogens is 127 g/mol. The molecule has 0 saturated heterocycles. The molecule has 0 aliphatic carbocycles. The van der Waals surface area contributed by atoms with Crippen LogP contribution in [0.1, 0.15) is 6.92 Å². The molecule has 0 aliphatic rings. The summed E-state index contributed by atoms with van der Waals surface area (Å²) in [5.74, 6) is 0. The van der Waals surface area contributed by atoms with Crippen LogP contribution in [0.4, 0.5) is 0 Å². The van der Waals surface area contributed by atoms with Gasteiger partial charge in [0.15, 0.2) is 0 Å². The molecule has 1 heterocycles. The minimum absolute atomic E-state index is 0.608. The molecule has 52 valence electrons. The first-order valence-corrected chi connectivity index (χ1v) is 3.25. The zero-order chi connectivity index (χ0) is 7.23. The maximum absolute atomic E-state index is 5.14. The SMILES string of the molecule is CCOBc1cncnc1. The van der Waals surface area contributed by atoms with Gasteiger partial charge in [-0.3, -0.25) is 0 Å². The molecular formula is C6H9BN2O. The van der Waals surface area contributed by atoms with Gasteiger partial charge in [0.05, 0.1) is 0 Å². The lowest BCUT2D eigenvalue weighted by molar-refractivity contribution is 0.367. The predicted octanol–water partition coefficient (Wildman–Crippen LogP) is -0.510. The van der Waals surface area contributed by atoms with E-state index in [0.29, 0.717) is 7.48 Å². The van der Waals surface area contributed by atoms with Gasteiger partial charge in [0.2, 0.25) is 0 Å². The highest BCUT2D eigenvalue weighted by atomic mass is 16.4. The van der Waals surface area contributed by atoms with E-state index in [4.69, 9.17) is 4.65 Å². The second kappa shape index (κ2) is 4.01. The van der Waals surface area contributed by atoms with Gasteiger partial charge in [-0.05, 0) is 12.4 Å². The second-order valence-electron chi connectivity index (χ2n) is 1.88. The third-order valence-electron chi connectivity index (χ3n) is 1.09. The smallest absolute Gasteiger partial charge is 0.311 e. The van der Waals surface area contributed by atoms with Gasteiger partial charge in [-0.1, -0.05) is 0 Å². The van der Waals surface area contributed by atoms with Crippen molar-refractivity contribution >= 4 is 12.9 Å². The summed E-state index contributed by atoms with van der Waals surface area (Å²) in [7, 11) is 0.608. The number of aromatic nitrogens is 2. The molecule has 3 nitrogen and oxygen atoms in total. The predicted molar refractivity (Wildman–Crippen MR) is 40.4 cm³/mol. The Bertz CT molecular complexity index is 180. The fraction of sp³-hybridized carbons (Fsp3) is 0.333. The van der Waals surface area contributed by atoms with Crippen molar-refractivity contribution in [3.63, 3.8) is 0 Å². The fourth-order valence-corrected chi connectivity index (χ4v) is 0.624. The number of rotatable bonds is 3. The van der Waals surface area contributed by atoms with Crippen LogP contribution in [0.15, 0.2) is 18.7 Å². The quantitative estimate of drug-likeness (QED) is 0.525. The Morgan fingerprint density at radius 2 is 2.20 bits per heavy atom. The maximum Gasteiger partial charge on any atom is 0.311 e. The molecule has 4 heteroatoms. The Labute approximate surface area is 60.7 Å². The van der Waals surface area contributed by atoms with E-state index in [1.165, 1.54) is 6.33 Å². The molecule has 0 bridgehead atoms. The third-order valence-corrected chi connectivity index (χ3v) is 1.09. The molecule has 0 unspecified atom stereocenters. The molecule has 10 heavy (non-hydrogen) atoms. The summed E-state index contributed by atoms with van der Waals surface area (Å²) in [6.45, 7) is 2.69. The van der Waals surface area contributed by atoms with Gasteiger partial charge in [-0.15, -0.1) is 0 Å². The van der Waals surface area contributed by atoms with Crippen LogP contribution in [0.5, 0.6) is 0 Å². The summed E-state index contributed by atoms with van der Waals surface area (Å²) in [5.41, 5.74) is 1.02. The van der Waals surface area contributed by atoms with Crippen LogP contribution in [0, 0.1) is 0 Å². The summed E-state index contributed by atoms with van der Waals surface area (Å²) in [6, 6.07) is 0. The van der Waals surface area contributed by atoms with E-state index in [-0.39, 0.29) is 0 Å². The Morgan fingerprint density at radius 3 is 2.80 bits per heavy atom. The number of nitrogens with zero attached hydrogens (tertiary/aromatic N) is 2. The Balaban J connectivity index is 2.43. The minimum atomic E-state index is 0.608. The lowest BCUT2D eigenvalue weighted by Crippen LogP contribution is -2.18. The van der Waals surface area contributed by atoms with Gasteiger partial charge in [0, 0.05) is 19.0 Å². The van der Waals surface area contributed by atoms with Crippen molar-refractivity contribution in [1.82, 2.24) is 9.97 Å². The molecule has 0 radical (unpaired) electrons. The summed E-state index contributed by atoms with van der Waals surface area (Å²) in [5, 5.41) is 0. The van der Waals surface area contributed by atoms with E-state index >= 15 is 0 Å². The summed E-state index contributed by atoms with van der Waals surface area (Å²) < 4.78 is 5.14. The molecule has 0 fully saturated rings. The van der Waals surface area contributed by atoms with Crippen molar-refractivity contribution in [1.29, 1.82) is 0 Å². The van der Waals surface area contributed by atoms with Crippen LogP contribution < -0.4 is 5.46 Å². The van der Waals surface area contributed by atoms with Crippen molar-refractivity contribution in [3.8, 4) is 0 Å². The van der Waals surface area contributed by atoms with Crippen LogP contribution in [0.3, 0.4) is 0 Å². The first-order chi connectivity index (χ1) is 4.93. The van der Waals surface area contributed by atoms with Crippen LogP contribution in [0.2, 0.25) is 0 Å². The zero-order valence-electron chi connectivity index (χ0n) is 5.95. The van der Waals surface area contributed by atoms with Gasteiger partial charge in [0.25, 0.3) is 0 Å². The standard InChI is InChI=1S/C6H9BN2O/c1-2-10-7-6-3-8-5-9-4-6/h3-5,7H,2H2,1H3. The lowest BCUT2D eigenvalue weighted by Gasteiger charge is -1.95. The van der Waals surface area contributed by atoms with Gasteiger partial charge < -0.3 is 4.65 Å². The molecule has 0 aromatic carbocycles. The Kier molecular flexibility index (Phi) is 2.89. The second-order valence-corrected chi connectivity index (χ2v) is 1.88. The highest BCUT2D eigenvalue weighted by Crippen LogP contribution is 1.72. The summed E-state index contributed by atoms with van der Waals surface area (Å²) in [4.78, 5) is 7.69. The minimum Gasteiger partial charge on any atom is -0.434 e. The number of hydrogen-bond acceptors (Lipinski definition) is 3. The first kappa shape index (κ1) is 7.21. The van der Waals surface area contributed by atoms with Crippen LogP contribution in [0.25, 0.3) is 0 Å². The molecule has 0 spiro atoms. The van der Waals surface area contributed by atoms with E-state index in [9.17, 15) is 0 Å². The van der Waals surface area contributed by atoms with E-state index in [1.807, 2.05) is 6.92 Å². The number of hydrogen-bond donors (Lipinski definition) is 0. The molecule has 0 amide bonds. The van der Waals surface area contributed by atoms with Crippen LogP contribution >= 0.6 is 0 Å². The maximum atomic E-state index is 5.14. The summed E-state index contributed by atoms with van der Waals surface area (Å²) in [6.07, 6.45) is 5.01. The van der Waals surface area contributed by atoms with E-state index in [0.717, 1.165) is 12.1 Å². The van der Waals surface area contributed by atoms with E-state index < -0.39 is 0 Å². The summed E-state index contributed by atoms with van der Waals surface area (Å²) >= 11 is 0. The van der Waals surface area contributed by atoms with Crippen molar-refractivity contribution in [2.45, 2.75) is 6.92 Å². The molecule has 1 aromatic rings. The Morgan fingerprint density at radius 1 is 1.50 bits per heavy atom. The monoisotopic (exact) mass is 136 g/mol.